The van der Waals surface area contributed by atoms with Crippen molar-refractivity contribution in [3.05, 3.63) is 75.7 Å². The van der Waals surface area contributed by atoms with Crippen molar-refractivity contribution in [3.63, 3.8) is 0 Å². The van der Waals surface area contributed by atoms with E-state index in [2.05, 4.69) is 35.5 Å². The number of aromatic nitrogens is 6. The molecule has 0 saturated carbocycles. The van der Waals surface area contributed by atoms with Crippen molar-refractivity contribution in [1.29, 1.82) is 0 Å². The summed E-state index contributed by atoms with van der Waals surface area (Å²) in [7, 11) is 0. The molecule has 0 saturated heterocycles. The number of aromatic amines is 1. The fourth-order valence-electron chi connectivity index (χ4n) is 3.13. The van der Waals surface area contributed by atoms with Gasteiger partial charge in [-0.2, -0.15) is 0 Å². The van der Waals surface area contributed by atoms with Crippen LogP contribution < -0.4 is 16.6 Å². The highest BCUT2D eigenvalue weighted by atomic mass is 35.5. The minimum absolute atomic E-state index is 0.238. The van der Waals surface area contributed by atoms with Crippen molar-refractivity contribution in [2.45, 2.75) is 10.1 Å². The van der Waals surface area contributed by atoms with E-state index in [1.165, 1.54) is 29.2 Å². The molecule has 0 atom stereocenters. The molecule has 0 aliphatic rings. The lowest BCUT2D eigenvalue weighted by atomic mass is 10.1. The Balaban J connectivity index is 1.48. The van der Waals surface area contributed by atoms with Gasteiger partial charge in [-0.3, -0.25) is 15.1 Å². The van der Waals surface area contributed by atoms with Gasteiger partial charge in [-0.15, -0.1) is 10.2 Å². The maximum atomic E-state index is 12.2. The second kappa shape index (κ2) is 9.14. The largest absolute Gasteiger partial charge is 0.374 e. The van der Waals surface area contributed by atoms with Gasteiger partial charge in [0.1, 0.15) is 0 Å². The number of rotatable bonds is 6. The molecular formula is C21H15ClN8OS2. The first-order valence-electron chi connectivity index (χ1n) is 9.65. The van der Waals surface area contributed by atoms with Crippen LogP contribution in [0.2, 0.25) is 5.02 Å². The summed E-state index contributed by atoms with van der Waals surface area (Å²) in [4.78, 5) is 28.6. The van der Waals surface area contributed by atoms with Crippen LogP contribution in [0.15, 0.2) is 63.7 Å². The highest BCUT2D eigenvalue weighted by Gasteiger charge is 2.12. The minimum atomic E-state index is -0.296. The van der Waals surface area contributed by atoms with Gasteiger partial charge in [0.15, 0.2) is 4.34 Å². The summed E-state index contributed by atoms with van der Waals surface area (Å²) in [5.41, 5.74) is 8.22. The summed E-state index contributed by atoms with van der Waals surface area (Å²) < 4.78 is 0.702. The van der Waals surface area contributed by atoms with Crippen LogP contribution in [0.1, 0.15) is 5.69 Å². The number of hydrogen-bond acceptors (Lipinski definition) is 10. The first-order chi connectivity index (χ1) is 16.0. The van der Waals surface area contributed by atoms with Crippen LogP contribution in [0.25, 0.3) is 22.2 Å². The average Bonchev–Trinajstić information content (AvgIpc) is 3.23. The number of nitrogens with zero attached hydrogens (tertiary/aromatic N) is 5. The lowest BCUT2D eigenvalue weighted by Gasteiger charge is -2.11. The van der Waals surface area contributed by atoms with E-state index in [9.17, 15) is 4.79 Å². The Morgan fingerprint density at radius 1 is 1.06 bits per heavy atom. The van der Waals surface area contributed by atoms with E-state index >= 15 is 0 Å². The lowest BCUT2D eigenvalue weighted by Crippen LogP contribution is -2.13. The summed E-state index contributed by atoms with van der Waals surface area (Å²) in [6.45, 7) is 0. The summed E-state index contributed by atoms with van der Waals surface area (Å²) in [5, 5.41) is 12.6. The molecule has 3 aromatic heterocycles. The van der Waals surface area contributed by atoms with Gasteiger partial charge < -0.3 is 5.73 Å². The predicted molar refractivity (Wildman–Crippen MR) is 132 cm³/mol. The number of hydrogen-bond donors (Lipinski definition) is 3. The Kier molecular flexibility index (Phi) is 5.90. The molecule has 9 nitrogen and oxygen atoms in total. The van der Waals surface area contributed by atoms with Crippen LogP contribution >= 0.6 is 34.7 Å². The molecule has 4 N–H and O–H groups in total. The Hall–Kier alpha value is -3.54. The predicted octanol–water partition coefficient (Wildman–Crippen LogP) is 4.50. The normalized spacial score (nSPS) is 11.1. The fraction of sp³-hybridized carbons (Fsp3) is 0.0476. The van der Waals surface area contributed by atoms with E-state index in [1.54, 1.807) is 6.07 Å². The molecule has 0 aliphatic heterocycles. The maximum absolute atomic E-state index is 12.2. The summed E-state index contributed by atoms with van der Waals surface area (Å²) in [6, 6.07) is 16.6. The van der Waals surface area contributed by atoms with E-state index in [0.29, 0.717) is 43.1 Å². The Morgan fingerprint density at radius 3 is 2.70 bits per heavy atom. The summed E-state index contributed by atoms with van der Waals surface area (Å²) in [6.07, 6.45) is 0. The molecule has 0 bridgehead atoms. The second-order valence-corrected chi connectivity index (χ2v) is 9.50. The number of nitrogen functional groups attached to an aromatic ring is 1. The highest BCUT2D eigenvalue weighted by molar-refractivity contribution is 8.00. The zero-order valence-corrected chi connectivity index (χ0v) is 19.2. The van der Waals surface area contributed by atoms with E-state index in [-0.39, 0.29) is 11.5 Å². The van der Waals surface area contributed by atoms with E-state index in [4.69, 9.17) is 17.3 Å². The van der Waals surface area contributed by atoms with Gasteiger partial charge in [0.05, 0.1) is 16.9 Å². The molecule has 33 heavy (non-hydrogen) atoms. The van der Waals surface area contributed by atoms with Crippen LogP contribution in [-0.4, -0.2) is 30.1 Å². The highest BCUT2D eigenvalue weighted by Crippen LogP contribution is 2.30. The number of halogens is 1. The van der Waals surface area contributed by atoms with Crippen LogP contribution in [-0.2, 0) is 5.75 Å². The van der Waals surface area contributed by atoms with E-state index in [1.807, 2.05) is 42.5 Å². The first-order valence-corrected chi connectivity index (χ1v) is 11.8. The monoisotopic (exact) mass is 494 g/mol. The molecule has 12 heteroatoms. The zero-order valence-electron chi connectivity index (χ0n) is 16.8. The third-order valence-corrected chi connectivity index (χ3v) is 6.65. The molecule has 0 aliphatic carbocycles. The number of nitrogens with one attached hydrogen (secondary N) is 2. The lowest BCUT2D eigenvalue weighted by molar-refractivity contribution is 1.01. The van der Waals surface area contributed by atoms with E-state index < -0.39 is 0 Å². The molecule has 0 spiro atoms. The Bertz CT molecular complexity index is 1510. The molecule has 5 aromatic rings. The molecular weight excluding hydrogens is 480 g/mol. The summed E-state index contributed by atoms with van der Waals surface area (Å²) in [5.74, 6) is 0.968. The average molecular weight is 495 g/mol. The van der Waals surface area contributed by atoms with Gasteiger partial charge in [0.25, 0.3) is 5.56 Å². The van der Waals surface area contributed by atoms with Crippen molar-refractivity contribution < 1.29 is 0 Å². The van der Waals surface area contributed by atoms with Crippen LogP contribution in [0.3, 0.4) is 0 Å². The summed E-state index contributed by atoms with van der Waals surface area (Å²) >= 11 is 8.90. The topological polar surface area (TPSA) is 135 Å². The molecule has 0 radical (unpaired) electrons. The van der Waals surface area contributed by atoms with Gasteiger partial charge in [-0.05, 0) is 18.2 Å². The van der Waals surface area contributed by atoms with Gasteiger partial charge in [-0.25, -0.2) is 15.0 Å². The fourth-order valence-corrected chi connectivity index (χ4v) is 4.83. The number of anilines is 3. The number of thioether (sulfide) groups is 1. The Labute approximate surface area is 200 Å². The Morgan fingerprint density at radius 2 is 1.91 bits per heavy atom. The van der Waals surface area contributed by atoms with Crippen molar-refractivity contribution in [2.75, 3.05) is 11.1 Å². The van der Waals surface area contributed by atoms with Crippen molar-refractivity contribution in [3.8, 4) is 11.3 Å². The third-order valence-electron chi connectivity index (χ3n) is 4.50. The van der Waals surface area contributed by atoms with Crippen molar-refractivity contribution in [2.24, 2.45) is 0 Å². The van der Waals surface area contributed by atoms with Crippen LogP contribution in [0, 0.1) is 0 Å². The van der Waals surface area contributed by atoms with Crippen LogP contribution in [0.4, 0.5) is 17.0 Å². The number of nitrogens with two attached hydrogens (primary N) is 1. The van der Waals surface area contributed by atoms with Crippen molar-refractivity contribution in [1.82, 2.24) is 30.1 Å². The molecule has 0 fully saturated rings. The smallest absolute Gasteiger partial charge is 0.252 e. The molecule has 5 rings (SSSR count). The maximum Gasteiger partial charge on any atom is 0.252 e. The SMILES string of the molecule is Nc1nnc(SCc2cc(=O)[nH]c(Nc3nc(-c4ccccc4)c4cc(Cl)ccc4n3)n2)s1. The van der Waals surface area contributed by atoms with Gasteiger partial charge >= 0.3 is 0 Å². The second-order valence-electron chi connectivity index (χ2n) is 6.83. The molecule has 164 valence electrons. The number of benzene rings is 2. The van der Waals surface area contributed by atoms with Crippen LogP contribution in [0.5, 0.6) is 0 Å². The van der Waals surface area contributed by atoms with Gasteiger partial charge in [0, 0.05) is 27.8 Å². The third kappa shape index (κ3) is 4.95. The minimum Gasteiger partial charge on any atom is -0.374 e. The van der Waals surface area contributed by atoms with Gasteiger partial charge in [0.2, 0.25) is 17.0 Å². The van der Waals surface area contributed by atoms with Crippen molar-refractivity contribution >= 4 is 62.6 Å². The van der Waals surface area contributed by atoms with Gasteiger partial charge in [-0.1, -0.05) is 65.0 Å². The number of H-pyrrole nitrogens is 1. The first kappa shape index (κ1) is 21.3. The standard InChI is InChI=1S/C21H15ClN8OS2/c22-12-6-7-15-14(8-12)17(11-4-2-1-3-5-11)27-20(25-15)28-19-24-13(9-16(31)26-19)10-32-21-30-29-18(23)33-21/h1-9H,10H2,(H2,23,29)(H2,24,25,26,27,28,31). The zero-order chi connectivity index (χ0) is 22.8. The van der Waals surface area contributed by atoms with E-state index in [0.717, 1.165) is 10.9 Å². The molecule has 0 unspecified atom stereocenters. The molecule has 0 amide bonds. The molecule has 2 aromatic carbocycles. The molecule has 3 heterocycles. The number of fused-ring (bicyclic) bond motifs is 1. The quantitative estimate of drug-likeness (QED) is 0.291.